The molecule has 0 fully saturated rings. The lowest BCUT2D eigenvalue weighted by molar-refractivity contribution is -0.113. The van der Waals surface area contributed by atoms with Gasteiger partial charge in [-0.3, -0.25) is 4.79 Å². The molecule has 0 bridgehead atoms. The fourth-order valence-electron chi connectivity index (χ4n) is 1.90. The van der Waals surface area contributed by atoms with Crippen molar-refractivity contribution in [2.75, 3.05) is 18.2 Å². The molecule has 0 aromatic heterocycles. The fourth-order valence-corrected chi connectivity index (χ4v) is 3.25. The summed E-state index contributed by atoms with van der Waals surface area (Å²) >= 11 is 19.4. The van der Waals surface area contributed by atoms with Crippen molar-refractivity contribution < 1.29 is 9.53 Å². The fraction of sp³-hybridized carbons (Fsp3) is 0.188. The van der Waals surface area contributed by atoms with Crippen LogP contribution >= 0.6 is 46.6 Å². The van der Waals surface area contributed by atoms with Gasteiger partial charge in [0.1, 0.15) is 5.75 Å². The molecule has 0 atom stereocenters. The van der Waals surface area contributed by atoms with E-state index in [-0.39, 0.29) is 11.7 Å². The molecule has 0 aliphatic rings. The molecule has 0 radical (unpaired) electrons. The number of nitrogens with one attached hydrogen (secondary N) is 1. The number of halogens is 3. The summed E-state index contributed by atoms with van der Waals surface area (Å²) in [6.07, 6.45) is 0. The standard InChI is InChI=1S/C16H14Cl3NO2S/c1-22-14-6-5-11(17)7-10(14)8-23-9-15(21)20-13-4-2-3-12(18)16(13)19/h2-7H,8-9H2,1H3,(H,20,21). The molecular formula is C16H14Cl3NO2S. The molecule has 0 saturated carbocycles. The molecule has 7 heteroatoms. The van der Waals surface area contributed by atoms with Crippen LogP contribution in [0.3, 0.4) is 0 Å². The third-order valence-electron chi connectivity index (χ3n) is 2.96. The number of thioether (sulfide) groups is 1. The van der Waals surface area contributed by atoms with Gasteiger partial charge in [0.15, 0.2) is 0 Å². The Morgan fingerprint density at radius 1 is 1.22 bits per heavy atom. The van der Waals surface area contributed by atoms with Gasteiger partial charge in [-0.25, -0.2) is 0 Å². The highest BCUT2D eigenvalue weighted by Crippen LogP contribution is 2.30. The molecule has 2 aromatic rings. The van der Waals surface area contributed by atoms with E-state index in [4.69, 9.17) is 39.5 Å². The van der Waals surface area contributed by atoms with E-state index in [0.29, 0.717) is 26.5 Å². The van der Waals surface area contributed by atoms with Gasteiger partial charge in [0.05, 0.1) is 28.6 Å². The van der Waals surface area contributed by atoms with Gasteiger partial charge in [-0.15, -0.1) is 11.8 Å². The Bertz CT molecular complexity index is 710. The Hall–Kier alpha value is -1.07. The Balaban J connectivity index is 1.90. The minimum Gasteiger partial charge on any atom is -0.496 e. The number of rotatable bonds is 6. The van der Waals surface area contributed by atoms with E-state index >= 15 is 0 Å². The molecule has 0 saturated heterocycles. The zero-order chi connectivity index (χ0) is 16.8. The first-order valence-corrected chi connectivity index (χ1v) is 8.94. The molecule has 2 rings (SSSR count). The Labute approximate surface area is 154 Å². The number of carbonyl (C=O) groups is 1. The predicted octanol–water partition coefficient (Wildman–Crippen LogP) is 5.53. The van der Waals surface area contributed by atoms with Crippen LogP contribution in [0.15, 0.2) is 36.4 Å². The zero-order valence-electron chi connectivity index (χ0n) is 12.2. The van der Waals surface area contributed by atoms with E-state index in [1.807, 2.05) is 12.1 Å². The molecule has 0 aliphatic carbocycles. The number of anilines is 1. The molecule has 1 amide bonds. The quantitative estimate of drug-likeness (QED) is 0.705. The van der Waals surface area contributed by atoms with Crippen molar-refractivity contribution in [3.63, 3.8) is 0 Å². The van der Waals surface area contributed by atoms with Gasteiger partial charge in [-0.1, -0.05) is 40.9 Å². The van der Waals surface area contributed by atoms with Gasteiger partial charge in [-0.05, 0) is 30.3 Å². The predicted molar refractivity (Wildman–Crippen MR) is 99.3 cm³/mol. The average molecular weight is 391 g/mol. The van der Waals surface area contributed by atoms with E-state index in [1.54, 1.807) is 31.4 Å². The van der Waals surface area contributed by atoms with E-state index in [1.165, 1.54) is 11.8 Å². The van der Waals surface area contributed by atoms with Gasteiger partial charge in [0, 0.05) is 16.3 Å². The van der Waals surface area contributed by atoms with Crippen LogP contribution in [0, 0.1) is 0 Å². The monoisotopic (exact) mass is 389 g/mol. The molecule has 23 heavy (non-hydrogen) atoms. The number of benzene rings is 2. The van der Waals surface area contributed by atoms with Crippen LogP contribution in [0.2, 0.25) is 15.1 Å². The summed E-state index contributed by atoms with van der Waals surface area (Å²) < 4.78 is 5.28. The molecule has 0 heterocycles. The normalized spacial score (nSPS) is 10.4. The second-order valence-corrected chi connectivity index (χ2v) is 6.81. The van der Waals surface area contributed by atoms with Crippen LogP contribution in [-0.2, 0) is 10.5 Å². The van der Waals surface area contributed by atoms with E-state index in [2.05, 4.69) is 5.32 Å². The van der Waals surface area contributed by atoms with Crippen LogP contribution < -0.4 is 10.1 Å². The van der Waals surface area contributed by atoms with Crippen molar-refractivity contribution >= 4 is 58.2 Å². The molecule has 0 aliphatic heterocycles. The van der Waals surface area contributed by atoms with Crippen molar-refractivity contribution in [1.82, 2.24) is 0 Å². The van der Waals surface area contributed by atoms with E-state index in [0.717, 1.165) is 11.3 Å². The maximum atomic E-state index is 12.0. The van der Waals surface area contributed by atoms with Crippen LogP contribution in [0.25, 0.3) is 0 Å². The Morgan fingerprint density at radius 3 is 2.74 bits per heavy atom. The first kappa shape index (κ1) is 18.3. The number of hydrogen-bond acceptors (Lipinski definition) is 3. The highest BCUT2D eigenvalue weighted by molar-refractivity contribution is 7.99. The number of hydrogen-bond donors (Lipinski definition) is 1. The molecule has 0 unspecified atom stereocenters. The topological polar surface area (TPSA) is 38.3 Å². The van der Waals surface area contributed by atoms with Crippen LogP contribution in [0.4, 0.5) is 5.69 Å². The van der Waals surface area contributed by atoms with E-state index in [9.17, 15) is 4.79 Å². The second-order valence-electron chi connectivity index (χ2n) is 4.60. The summed E-state index contributed by atoms with van der Waals surface area (Å²) in [6, 6.07) is 10.5. The van der Waals surface area contributed by atoms with Gasteiger partial charge in [0.25, 0.3) is 0 Å². The third kappa shape index (κ3) is 5.21. The summed E-state index contributed by atoms with van der Waals surface area (Å²) in [5.41, 5.74) is 1.45. The van der Waals surface area contributed by atoms with Gasteiger partial charge >= 0.3 is 0 Å². The lowest BCUT2D eigenvalue weighted by Crippen LogP contribution is -2.14. The number of carbonyl (C=O) groups excluding carboxylic acids is 1. The lowest BCUT2D eigenvalue weighted by atomic mass is 10.2. The molecule has 2 aromatic carbocycles. The smallest absolute Gasteiger partial charge is 0.234 e. The highest BCUT2D eigenvalue weighted by Gasteiger charge is 2.10. The van der Waals surface area contributed by atoms with Gasteiger partial charge in [0.2, 0.25) is 5.91 Å². The first-order valence-electron chi connectivity index (χ1n) is 6.65. The molecular weight excluding hydrogens is 377 g/mol. The summed E-state index contributed by atoms with van der Waals surface area (Å²) in [4.78, 5) is 12.0. The Kier molecular flexibility index (Phi) is 6.90. The minimum absolute atomic E-state index is 0.153. The SMILES string of the molecule is COc1ccc(Cl)cc1CSCC(=O)Nc1cccc(Cl)c1Cl. The molecule has 122 valence electrons. The average Bonchev–Trinajstić information content (AvgIpc) is 2.52. The van der Waals surface area contributed by atoms with Crippen molar-refractivity contribution in [2.45, 2.75) is 5.75 Å². The molecule has 1 N–H and O–H groups in total. The lowest BCUT2D eigenvalue weighted by Gasteiger charge is -2.10. The Morgan fingerprint density at radius 2 is 2.00 bits per heavy atom. The maximum Gasteiger partial charge on any atom is 0.234 e. The van der Waals surface area contributed by atoms with Gasteiger partial charge in [-0.2, -0.15) is 0 Å². The number of amides is 1. The third-order valence-corrected chi connectivity index (χ3v) is 4.99. The van der Waals surface area contributed by atoms with Gasteiger partial charge < -0.3 is 10.1 Å². The first-order chi connectivity index (χ1) is 11.0. The van der Waals surface area contributed by atoms with Crippen molar-refractivity contribution in [2.24, 2.45) is 0 Å². The molecule has 3 nitrogen and oxygen atoms in total. The largest absolute Gasteiger partial charge is 0.496 e. The van der Waals surface area contributed by atoms with Crippen molar-refractivity contribution in [3.8, 4) is 5.75 Å². The van der Waals surface area contributed by atoms with Crippen molar-refractivity contribution in [1.29, 1.82) is 0 Å². The maximum absolute atomic E-state index is 12.0. The van der Waals surface area contributed by atoms with Crippen LogP contribution in [-0.4, -0.2) is 18.8 Å². The van der Waals surface area contributed by atoms with Crippen molar-refractivity contribution in [3.05, 3.63) is 57.0 Å². The summed E-state index contributed by atoms with van der Waals surface area (Å²) in [5.74, 6) is 1.49. The number of methoxy groups -OCH3 is 1. The minimum atomic E-state index is -0.153. The summed E-state index contributed by atoms with van der Waals surface area (Å²) in [7, 11) is 1.60. The number of ether oxygens (including phenoxy) is 1. The molecule has 0 spiro atoms. The zero-order valence-corrected chi connectivity index (χ0v) is 15.3. The van der Waals surface area contributed by atoms with E-state index < -0.39 is 0 Å². The summed E-state index contributed by atoms with van der Waals surface area (Å²) in [5, 5.41) is 4.12. The summed E-state index contributed by atoms with van der Waals surface area (Å²) in [6.45, 7) is 0. The van der Waals surface area contributed by atoms with Crippen LogP contribution in [0.1, 0.15) is 5.56 Å². The van der Waals surface area contributed by atoms with Crippen LogP contribution in [0.5, 0.6) is 5.75 Å². The highest BCUT2D eigenvalue weighted by atomic mass is 35.5. The second kappa shape index (κ2) is 8.69.